The third kappa shape index (κ3) is 2.79. The van der Waals surface area contributed by atoms with Gasteiger partial charge in [0.05, 0.1) is 12.7 Å². The van der Waals surface area contributed by atoms with Crippen LogP contribution in [0.5, 0.6) is 0 Å². The van der Waals surface area contributed by atoms with Gasteiger partial charge in [-0.2, -0.15) is 0 Å². The molecule has 1 fully saturated rings. The number of hydrogen-bond acceptors (Lipinski definition) is 2. The Labute approximate surface area is 105 Å². The van der Waals surface area contributed by atoms with E-state index >= 15 is 0 Å². The summed E-state index contributed by atoms with van der Waals surface area (Å²) in [5.41, 5.74) is 1.10. The fraction of sp³-hybridized carbons (Fsp3) is 0.538. The topological polar surface area (TPSA) is 29.5 Å². The van der Waals surface area contributed by atoms with E-state index < -0.39 is 6.10 Å². The van der Waals surface area contributed by atoms with Gasteiger partial charge >= 0.3 is 0 Å². The SMILES string of the molecule is Cc1cc(C(O)C2CCCOC2)c(Cl)cc1F. The molecule has 2 nitrogen and oxygen atoms in total. The van der Waals surface area contributed by atoms with E-state index in [1.54, 1.807) is 13.0 Å². The molecular weight excluding hydrogens is 243 g/mol. The standard InChI is InChI=1S/C13H16ClFO2/c1-8-5-10(11(14)6-12(8)15)13(16)9-3-2-4-17-7-9/h5-6,9,13,16H,2-4,7H2,1H3. The summed E-state index contributed by atoms with van der Waals surface area (Å²) in [5.74, 6) is -0.294. The summed E-state index contributed by atoms with van der Waals surface area (Å²) in [6.07, 6.45) is 1.18. The molecular formula is C13H16ClFO2. The van der Waals surface area contributed by atoms with Crippen molar-refractivity contribution in [3.05, 3.63) is 34.1 Å². The molecule has 0 radical (unpaired) electrons. The van der Waals surface area contributed by atoms with Crippen molar-refractivity contribution in [3.8, 4) is 0 Å². The summed E-state index contributed by atoms with van der Waals surface area (Å²) in [6, 6.07) is 2.88. The van der Waals surface area contributed by atoms with E-state index in [2.05, 4.69) is 0 Å². The molecule has 0 aliphatic carbocycles. The molecule has 1 N–H and O–H groups in total. The lowest BCUT2D eigenvalue weighted by molar-refractivity contribution is -0.00996. The first-order valence-corrected chi connectivity index (χ1v) is 6.18. The van der Waals surface area contributed by atoms with Gasteiger partial charge in [0, 0.05) is 17.5 Å². The van der Waals surface area contributed by atoms with Crippen LogP contribution < -0.4 is 0 Å². The van der Waals surface area contributed by atoms with Crippen molar-refractivity contribution in [2.45, 2.75) is 25.9 Å². The Morgan fingerprint density at radius 1 is 1.53 bits per heavy atom. The van der Waals surface area contributed by atoms with Crippen LogP contribution in [0.1, 0.15) is 30.1 Å². The van der Waals surface area contributed by atoms with Gasteiger partial charge in [-0.1, -0.05) is 11.6 Å². The van der Waals surface area contributed by atoms with Gasteiger partial charge in [-0.25, -0.2) is 4.39 Å². The first-order chi connectivity index (χ1) is 8.09. The predicted molar refractivity (Wildman–Crippen MR) is 64.6 cm³/mol. The number of aliphatic hydroxyl groups is 1. The van der Waals surface area contributed by atoms with Crippen molar-refractivity contribution in [1.82, 2.24) is 0 Å². The van der Waals surface area contributed by atoms with Crippen LogP contribution in [0.2, 0.25) is 5.02 Å². The van der Waals surface area contributed by atoms with Gasteiger partial charge in [0.1, 0.15) is 5.82 Å². The summed E-state index contributed by atoms with van der Waals surface area (Å²) < 4.78 is 18.6. The summed E-state index contributed by atoms with van der Waals surface area (Å²) in [7, 11) is 0. The number of aryl methyl sites for hydroxylation is 1. The maximum atomic E-state index is 13.3. The lowest BCUT2D eigenvalue weighted by Gasteiger charge is -2.27. The van der Waals surface area contributed by atoms with E-state index in [1.807, 2.05) is 0 Å². The van der Waals surface area contributed by atoms with E-state index in [-0.39, 0.29) is 16.8 Å². The molecule has 0 saturated carbocycles. The molecule has 4 heteroatoms. The molecule has 1 heterocycles. The van der Waals surface area contributed by atoms with Crippen LogP contribution in [0.4, 0.5) is 4.39 Å². The minimum absolute atomic E-state index is 0.0473. The number of aliphatic hydroxyl groups excluding tert-OH is 1. The molecule has 2 rings (SSSR count). The van der Waals surface area contributed by atoms with Crippen molar-refractivity contribution >= 4 is 11.6 Å². The molecule has 1 aromatic carbocycles. The third-order valence-corrected chi connectivity index (χ3v) is 3.57. The van der Waals surface area contributed by atoms with Crippen molar-refractivity contribution in [2.24, 2.45) is 5.92 Å². The van der Waals surface area contributed by atoms with Crippen molar-refractivity contribution in [2.75, 3.05) is 13.2 Å². The van der Waals surface area contributed by atoms with Crippen LogP contribution in [0.25, 0.3) is 0 Å². The Morgan fingerprint density at radius 2 is 2.29 bits per heavy atom. The lowest BCUT2D eigenvalue weighted by atomic mass is 9.90. The van der Waals surface area contributed by atoms with Gasteiger partial charge in [-0.05, 0) is 43.0 Å². The largest absolute Gasteiger partial charge is 0.388 e. The van der Waals surface area contributed by atoms with Gasteiger partial charge in [0.25, 0.3) is 0 Å². The van der Waals surface area contributed by atoms with E-state index in [9.17, 15) is 9.50 Å². The Kier molecular flexibility index (Phi) is 4.02. The minimum Gasteiger partial charge on any atom is -0.388 e. The van der Waals surface area contributed by atoms with E-state index in [1.165, 1.54) is 6.07 Å². The van der Waals surface area contributed by atoms with Crippen LogP contribution in [0.3, 0.4) is 0 Å². The molecule has 94 valence electrons. The van der Waals surface area contributed by atoms with E-state index in [0.717, 1.165) is 19.4 Å². The van der Waals surface area contributed by atoms with Crippen LogP contribution in [0.15, 0.2) is 12.1 Å². The van der Waals surface area contributed by atoms with E-state index in [4.69, 9.17) is 16.3 Å². The van der Waals surface area contributed by atoms with Crippen LogP contribution >= 0.6 is 11.6 Å². The second-order valence-electron chi connectivity index (χ2n) is 4.54. The smallest absolute Gasteiger partial charge is 0.127 e. The normalized spacial score (nSPS) is 22.5. The second kappa shape index (κ2) is 5.34. The van der Waals surface area contributed by atoms with Crippen molar-refractivity contribution in [3.63, 3.8) is 0 Å². The molecule has 0 bridgehead atoms. The highest BCUT2D eigenvalue weighted by Crippen LogP contribution is 2.33. The Morgan fingerprint density at radius 3 is 2.94 bits per heavy atom. The average molecular weight is 259 g/mol. The molecule has 1 saturated heterocycles. The number of hydrogen-bond donors (Lipinski definition) is 1. The zero-order chi connectivity index (χ0) is 12.4. The maximum Gasteiger partial charge on any atom is 0.127 e. The van der Waals surface area contributed by atoms with Crippen LogP contribution in [-0.2, 0) is 4.74 Å². The molecule has 2 unspecified atom stereocenters. The van der Waals surface area contributed by atoms with Crippen molar-refractivity contribution < 1.29 is 14.2 Å². The number of rotatable bonds is 2. The molecule has 17 heavy (non-hydrogen) atoms. The molecule has 0 amide bonds. The van der Waals surface area contributed by atoms with E-state index in [0.29, 0.717) is 17.7 Å². The predicted octanol–water partition coefficient (Wildman–Crippen LogP) is 3.25. The minimum atomic E-state index is -0.679. The van der Waals surface area contributed by atoms with Crippen LogP contribution in [-0.4, -0.2) is 18.3 Å². The van der Waals surface area contributed by atoms with Gasteiger partial charge in [-0.15, -0.1) is 0 Å². The number of ether oxygens (including phenoxy) is 1. The molecule has 1 aliphatic rings. The van der Waals surface area contributed by atoms with Crippen molar-refractivity contribution in [1.29, 1.82) is 0 Å². The summed E-state index contributed by atoms with van der Waals surface area (Å²) in [6.45, 7) is 2.95. The molecule has 0 aromatic heterocycles. The van der Waals surface area contributed by atoms with Gasteiger partial charge < -0.3 is 9.84 Å². The van der Waals surface area contributed by atoms with Gasteiger partial charge in [0.2, 0.25) is 0 Å². The fourth-order valence-electron chi connectivity index (χ4n) is 2.17. The molecule has 1 aromatic rings. The molecule has 2 atom stereocenters. The Hall–Kier alpha value is -0.640. The second-order valence-corrected chi connectivity index (χ2v) is 4.95. The van der Waals surface area contributed by atoms with Gasteiger partial charge in [0.15, 0.2) is 0 Å². The monoisotopic (exact) mass is 258 g/mol. The van der Waals surface area contributed by atoms with Crippen LogP contribution in [0, 0.1) is 18.7 Å². The quantitative estimate of drug-likeness (QED) is 0.882. The zero-order valence-electron chi connectivity index (χ0n) is 9.75. The Bertz CT molecular complexity index is 403. The fourth-order valence-corrected chi connectivity index (χ4v) is 2.44. The maximum absolute atomic E-state index is 13.3. The summed E-state index contributed by atoms with van der Waals surface area (Å²) in [5, 5.41) is 10.5. The lowest BCUT2D eigenvalue weighted by Crippen LogP contribution is -2.24. The molecule has 0 spiro atoms. The zero-order valence-corrected chi connectivity index (χ0v) is 10.5. The summed E-state index contributed by atoms with van der Waals surface area (Å²) in [4.78, 5) is 0. The molecule has 1 aliphatic heterocycles. The average Bonchev–Trinajstić information content (AvgIpc) is 2.34. The highest BCUT2D eigenvalue weighted by molar-refractivity contribution is 6.31. The number of benzene rings is 1. The number of halogens is 2. The van der Waals surface area contributed by atoms with Gasteiger partial charge in [-0.3, -0.25) is 0 Å². The first kappa shape index (κ1) is 12.8. The first-order valence-electron chi connectivity index (χ1n) is 5.81. The highest BCUT2D eigenvalue weighted by Gasteiger charge is 2.25. The highest BCUT2D eigenvalue weighted by atomic mass is 35.5. The third-order valence-electron chi connectivity index (χ3n) is 3.24. The summed E-state index contributed by atoms with van der Waals surface area (Å²) >= 11 is 5.97. The Balaban J connectivity index is 2.23.